The van der Waals surface area contributed by atoms with Crippen molar-refractivity contribution in [3.8, 4) is 5.75 Å². The third-order valence-electron chi connectivity index (χ3n) is 3.51. The molecule has 22 heavy (non-hydrogen) atoms. The van der Waals surface area contributed by atoms with E-state index in [1.807, 2.05) is 31.2 Å². The van der Waals surface area contributed by atoms with Crippen molar-refractivity contribution in [1.29, 1.82) is 0 Å². The topological polar surface area (TPSA) is 81.1 Å². The van der Waals surface area contributed by atoms with Gasteiger partial charge in [0.25, 0.3) is 0 Å². The van der Waals surface area contributed by atoms with Gasteiger partial charge < -0.3 is 10.1 Å². The fraction of sp³-hybridized carbons (Fsp3) is 0.400. The first-order valence-electron chi connectivity index (χ1n) is 7.39. The minimum atomic E-state index is -0.417. The Kier molecular flexibility index (Phi) is 4.34. The molecule has 7 nitrogen and oxygen atoms in total. The molecule has 1 aliphatic heterocycles. The molecule has 7 heteroatoms. The summed E-state index contributed by atoms with van der Waals surface area (Å²) in [5.41, 5.74) is 1.60. The number of ether oxygens (including phenoxy) is 1. The summed E-state index contributed by atoms with van der Waals surface area (Å²) in [5.74, 6) is 0.661. The maximum absolute atomic E-state index is 12.5. The number of nitrogens with zero attached hydrogens (tertiary/aromatic N) is 3. The number of carbonyl (C=O) groups excluding carboxylic acids is 1. The molecule has 1 unspecified atom stereocenters. The number of aryl methyl sites for hydroxylation is 1. The van der Waals surface area contributed by atoms with Crippen molar-refractivity contribution in [2.75, 3.05) is 13.2 Å². The van der Waals surface area contributed by atoms with Gasteiger partial charge in [-0.25, -0.2) is 0 Å². The van der Waals surface area contributed by atoms with Gasteiger partial charge in [-0.3, -0.25) is 10.1 Å². The van der Waals surface area contributed by atoms with Gasteiger partial charge in [0.2, 0.25) is 5.91 Å². The van der Waals surface area contributed by atoms with Crippen LogP contribution >= 0.6 is 0 Å². The van der Waals surface area contributed by atoms with Crippen LogP contribution in [0.25, 0.3) is 0 Å². The molecule has 0 aliphatic carbocycles. The van der Waals surface area contributed by atoms with Crippen LogP contribution in [0.1, 0.15) is 24.2 Å². The molecule has 0 saturated heterocycles. The highest BCUT2D eigenvalue weighted by Gasteiger charge is 2.25. The quantitative estimate of drug-likeness (QED) is 0.866. The van der Waals surface area contributed by atoms with E-state index >= 15 is 0 Å². The molecule has 2 aromatic rings. The summed E-state index contributed by atoms with van der Waals surface area (Å²) >= 11 is 0. The van der Waals surface area contributed by atoms with E-state index in [2.05, 4.69) is 20.8 Å². The number of carbonyl (C=O) groups is 1. The second-order valence-corrected chi connectivity index (χ2v) is 5.02. The summed E-state index contributed by atoms with van der Waals surface area (Å²) in [4.78, 5) is 14.1. The van der Waals surface area contributed by atoms with Crippen LogP contribution < -0.4 is 15.4 Å². The molecule has 116 valence electrons. The van der Waals surface area contributed by atoms with Crippen molar-refractivity contribution in [1.82, 2.24) is 25.6 Å². The third kappa shape index (κ3) is 3.09. The van der Waals surface area contributed by atoms with Crippen LogP contribution in [0, 0.1) is 0 Å². The Morgan fingerprint density at radius 3 is 3.18 bits per heavy atom. The Balaban J connectivity index is 1.69. The summed E-state index contributed by atoms with van der Waals surface area (Å²) in [7, 11) is 0. The van der Waals surface area contributed by atoms with E-state index in [4.69, 9.17) is 4.74 Å². The Hall–Kier alpha value is -2.41. The lowest BCUT2D eigenvalue weighted by Gasteiger charge is -2.16. The standard InChI is InChI=1S/C15H19N5O2/c1-2-20-18-10-11(19-20)9-17-15(21)14-12-5-3-4-6-13(12)22-8-7-16-14/h3-6,10,14,16H,2,7-9H2,1H3,(H,17,21). The van der Waals surface area contributed by atoms with Crippen molar-refractivity contribution in [3.63, 3.8) is 0 Å². The molecule has 0 bridgehead atoms. The van der Waals surface area contributed by atoms with E-state index in [1.54, 1.807) is 11.0 Å². The number of benzene rings is 1. The molecule has 0 fully saturated rings. The van der Waals surface area contributed by atoms with Gasteiger partial charge in [0.15, 0.2) is 0 Å². The normalized spacial score (nSPS) is 17.2. The number of aromatic nitrogens is 3. The molecule has 1 amide bonds. The number of para-hydroxylation sites is 1. The zero-order valence-corrected chi connectivity index (χ0v) is 12.5. The number of amides is 1. The summed E-state index contributed by atoms with van der Waals surface area (Å²) in [5, 5.41) is 14.5. The van der Waals surface area contributed by atoms with Crippen LogP contribution in [0.3, 0.4) is 0 Å². The predicted octanol–water partition coefficient (Wildman–Crippen LogP) is 0.637. The Bertz CT molecular complexity index is 655. The highest BCUT2D eigenvalue weighted by Crippen LogP contribution is 2.26. The lowest BCUT2D eigenvalue weighted by molar-refractivity contribution is -0.123. The van der Waals surface area contributed by atoms with Crippen LogP contribution in [0.15, 0.2) is 30.5 Å². The smallest absolute Gasteiger partial charge is 0.242 e. The van der Waals surface area contributed by atoms with Gasteiger partial charge in [0.1, 0.15) is 24.1 Å². The minimum absolute atomic E-state index is 0.0935. The molecule has 1 aromatic heterocycles. The molecule has 0 radical (unpaired) electrons. The molecule has 1 atom stereocenters. The lowest BCUT2D eigenvalue weighted by atomic mass is 10.1. The van der Waals surface area contributed by atoms with E-state index < -0.39 is 6.04 Å². The van der Waals surface area contributed by atoms with Crippen molar-refractivity contribution >= 4 is 5.91 Å². The van der Waals surface area contributed by atoms with Crippen molar-refractivity contribution < 1.29 is 9.53 Å². The molecule has 1 aromatic carbocycles. The van der Waals surface area contributed by atoms with Crippen molar-refractivity contribution in [2.45, 2.75) is 26.1 Å². The second kappa shape index (κ2) is 6.57. The van der Waals surface area contributed by atoms with E-state index in [9.17, 15) is 4.79 Å². The number of hydrogen-bond donors (Lipinski definition) is 2. The monoisotopic (exact) mass is 301 g/mol. The molecule has 1 aliphatic rings. The van der Waals surface area contributed by atoms with Crippen molar-refractivity contribution in [2.24, 2.45) is 0 Å². The van der Waals surface area contributed by atoms with E-state index in [-0.39, 0.29) is 5.91 Å². The number of hydrogen-bond acceptors (Lipinski definition) is 5. The molecule has 2 N–H and O–H groups in total. The first-order valence-corrected chi connectivity index (χ1v) is 7.39. The largest absolute Gasteiger partial charge is 0.492 e. The van der Waals surface area contributed by atoms with Gasteiger partial charge >= 0.3 is 0 Å². The fourth-order valence-electron chi connectivity index (χ4n) is 2.40. The summed E-state index contributed by atoms with van der Waals surface area (Å²) in [6.45, 7) is 4.21. The average molecular weight is 301 g/mol. The van der Waals surface area contributed by atoms with Gasteiger partial charge in [-0.15, -0.1) is 0 Å². The summed E-state index contributed by atoms with van der Waals surface area (Å²) < 4.78 is 5.64. The van der Waals surface area contributed by atoms with Gasteiger partial charge in [-0.1, -0.05) is 18.2 Å². The maximum atomic E-state index is 12.5. The van der Waals surface area contributed by atoms with E-state index in [0.29, 0.717) is 26.2 Å². The summed E-state index contributed by atoms with van der Waals surface area (Å²) in [6.07, 6.45) is 1.67. The van der Waals surface area contributed by atoms with E-state index in [1.165, 1.54) is 0 Å². The second-order valence-electron chi connectivity index (χ2n) is 5.02. The Morgan fingerprint density at radius 1 is 1.50 bits per heavy atom. The number of rotatable bonds is 4. The number of fused-ring (bicyclic) bond motifs is 1. The Morgan fingerprint density at radius 2 is 2.36 bits per heavy atom. The van der Waals surface area contributed by atoms with E-state index in [0.717, 1.165) is 17.0 Å². The third-order valence-corrected chi connectivity index (χ3v) is 3.51. The van der Waals surface area contributed by atoms with Crippen LogP contribution in [-0.2, 0) is 17.9 Å². The van der Waals surface area contributed by atoms with Gasteiger partial charge in [-0.05, 0) is 13.0 Å². The van der Waals surface area contributed by atoms with Crippen LogP contribution in [0.2, 0.25) is 0 Å². The summed E-state index contributed by atoms with van der Waals surface area (Å²) in [6, 6.07) is 7.19. The molecular formula is C15H19N5O2. The molecule has 0 spiro atoms. The zero-order valence-electron chi connectivity index (χ0n) is 12.5. The first-order chi connectivity index (χ1) is 10.8. The lowest BCUT2D eigenvalue weighted by Crippen LogP contribution is -2.37. The zero-order chi connectivity index (χ0) is 15.4. The fourth-order valence-corrected chi connectivity index (χ4v) is 2.40. The van der Waals surface area contributed by atoms with Crippen LogP contribution in [0.5, 0.6) is 5.75 Å². The molecule has 3 rings (SSSR count). The maximum Gasteiger partial charge on any atom is 0.242 e. The highest BCUT2D eigenvalue weighted by atomic mass is 16.5. The van der Waals surface area contributed by atoms with Crippen LogP contribution in [-0.4, -0.2) is 34.1 Å². The highest BCUT2D eigenvalue weighted by molar-refractivity contribution is 5.84. The van der Waals surface area contributed by atoms with Crippen LogP contribution in [0.4, 0.5) is 0 Å². The van der Waals surface area contributed by atoms with Gasteiger partial charge in [0.05, 0.1) is 19.3 Å². The average Bonchev–Trinajstić information content (AvgIpc) is 2.91. The predicted molar refractivity (Wildman–Crippen MR) is 80.2 cm³/mol. The molecule has 0 saturated carbocycles. The number of nitrogens with one attached hydrogen (secondary N) is 2. The molecule has 2 heterocycles. The Labute approximate surface area is 128 Å². The van der Waals surface area contributed by atoms with Gasteiger partial charge in [0, 0.05) is 12.1 Å². The van der Waals surface area contributed by atoms with Gasteiger partial charge in [-0.2, -0.15) is 15.0 Å². The first kappa shape index (κ1) is 14.5. The van der Waals surface area contributed by atoms with Crippen molar-refractivity contribution in [3.05, 3.63) is 41.7 Å². The minimum Gasteiger partial charge on any atom is -0.492 e. The SMILES string of the molecule is CCn1ncc(CNC(=O)C2NCCOc3ccccc32)n1. The molecular weight excluding hydrogens is 282 g/mol.